The van der Waals surface area contributed by atoms with Gasteiger partial charge in [0.05, 0.1) is 18.7 Å². The lowest BCUT2D eigenvalue weighted by molar-refractivity contribution is -0.685. The molecule has 0 fully saturated rings. The maximum Gasteiger partial charge on any atom is 0.288 e. The first-order valence-electron chi connectivity index (χ1n) is 9.06. The van der Waals surface area contributed by atoms with Crippen molar-refractivity contribution in [3.63, 3.8) is 0 Å². The molecule has 124 valence electrons. The Labute approximate surface area is 145 Å². The number of hydrogen-bond donors (Lipinski definition) is 0. The van der Waals surface area contributed by atoms with Crippen LogP contribution in [0.25, 0.3) is 11.4 Å². The van der Waals surface area contributed by atoms with E-state index in [1.165, 1.54) is 29.8 Å². The lowest BCUT2D eigenvalue weighted by Crippen LogP contribution is -2.35. The van der Waals surface area contributed by atoms with Crippen LogP contribution in [0.15, 0.2) is 73.1 Å². The van der Waals surface area contributed by atoms with Crippen LogP contribution in [0.2, 0.25) is 0 Å². The number of aryl methyl sites for hydroxylation is 3. The van der Waals surface area contributed by atoms with Gasteiger partial charge in [0, 0.05) is 0 Å². The van der Waals surface area contributed by atoms with Gasteiger partial charge in [0.1, 0.15) is 12.4 Å². The molecule has 0 radical (unpaired) electrons. The molecule has 3 aromatic rings. The molecule has 2 heteroatoms. The lowest BCUT2D eigenvalue weighted by atomic mass is 10.1. The number of benzene rings is 2. The van der Waals surface area contributed by atoms with E-state index in [1.807, 2.05) is 0 Å². The molecule has 2 nitrogen and oxygen atoms in total. The molecule has 0 spiro atoms. The maximum atomic E-state index is 2.41. The van der Waals surface area contributed by atoms with Gasteiger partial charge in [-0.25, -0.2) is 9.13 Å². The first-order valence-corrected chi connectivity index (χ1v) is 9.06. The van der Waals surface area contributed by atoms with Crippen LogP contribution >= 0.6 is 0 Å². The van der Waals surface area contributed by atoms with Gasteiger partial charge < -0.3 is 0 Å². The molecule has 0 amide bonds. The van der Waals surface area contributed by atoms with E-state index in [4.69, 9.17) is 0 Å². The molecule has 3 rings (SSSR count). The highest BCUT2D eigenvalue weighted by Gasteiger charge is 2.18. The highest BCUT2D eigenvalue weighted by atomic mass is 15.1. The highest BCUT2D eigenvalue weighted by Crippen LogP contribution is 2.17. The Morgan fingerprint density at radius 3 is 2.29 bits per heavy atom. The number of imidazole rings is 1. The Kier molecular flexibility index (Phi) is 5.84. The molecule has 0 atom stereocenters. The summed E-state index contributed by atoms with van der Waals surface area (Å²) in [5.74, 6) is 1.33. The van der Waals surface area contributed by atoms with Crippen molar-refractivity contribution in [2.45, 2.75) is 45.7 Å². The summed E-state index contributed by atoms with van der Waals surface area (Å²) in [4.78, 5) is 0. The number of nitrogens with zero attached hydrogens (tertiary/aromatic N) is 2. The molecule has 0 saturated heterocycles. The first-order chi connectivity index (χ1) is 11.9. The van der Waals surface area contributed by atoms with Crippen LogP contribution in [0, 0.1) is 0 Å². The molecule has 2 aromatic carbocycles. The van der Waals surface area contributed by atoms with Gasteiger partial charge in [-0.15, -0.1) is 0 Å². The Morgan fingerprint density at radius 1 is 0.875 bits per heavy atom. The van der Waals surface area contributed by atoms with Crippen molar-refractivity contribution in [1.82, 2.24) is 4.57 Å². The van der Waals surface area contributed by atoms with Gasteiger partial charge in [-0.1, -0.05) is 61.9 Å². The van der Waals surface area contributed by atoms with Crippen LogP contribution in [-0.2, 0) is 19.5 Å². The standard InChI is InChI=1S/C22H27N2/c1-2-3-16-23-18-19-24(22(23)21-14-8-5-9-15-21)17-10-13-20-11-6-4-7-12-20/h4-9,11-12,14-15,18-19H,2-3,10,13,16-17H2,1H3/q+1. The zero-order valence-corrected chi connectivity index (χ0v) is 14.6. The summed E-state index contributed by atoms with van der Waals surface area (Å²) in [6.07, 6.45) is 9.21. The van der Waals surface area contributed by atoms with Crippen molar-refractivity contribution < 1.29 is 4.57 Å². The third-order valence-corrected chi connectivity index (χ3v) is 4.46. The average Bonchev–Trinajstić information content (AvgIpc) is 3.04. The second-order valence-corrected chi connectivity index (χ2v) is 6.32. The van der Waals surface area contributed by atoms with Crippen molar-refractivity contribution in [2.24, 2.45) is 0 Å². The predicted octanol–water partition coefficient (Wildman–Crippen LogP) is 4.88. The fraction of sp³-hybridized carbons (Fsp3) is 0.318. The largest absolute Gasteiger partial charge is 0.288 e. The summed E-state index contributed by atoms with van der Waals surface area (Å²) in [6, 6.07) is 21.5. The van der Waals surface area contributed by atoms with E-state index in [2.05, 4.69) is 89.1 Å². The van der Waals surface area contributed by atoms with Crippen LogP contribution in [0.3, 0.4) is 0 Å². The first kappa shape index (κ1) is 16.5. The molecule has 0 bridgehead atoms. The van der Waals surface area contributed by atoms with Crippen LogP contribution in [0.5, 0.6) is 0 Å². The summed E-state index contributed by atoms with van der Waals surface area (Å²) < 4.78 is 4.81. The topological polar surface area (TPSA) is 8.81 Å². The van der Waals surface area contributed by atoms with E-state index in [9.17, 15) is 0 Å². The van der Waals surface area contributed by atoms with Crippen molar-refractivity contribution in [1.29, 1.82) is 0 Å². The predicted molar refractivity (Wildman–Crippen MR) is 99.7 cm³/mol. The number of hydrogen-bond acceptors (Lipinski definition) is 0. The Morgan fingerprint density at radius 2 is 1.58 bits per heavy atom. The van der Waals surface area contributed by atoms with Crippen molar-refractivity contribution in [2.75, 3.05) is 0 Å². The molecule has 0 aliphatic carbocycles. The Balaban J connectivity index is 1.76. The minimum absolute atomic E-state index is 1.05. The van der Waals surface area contributed by atoms with E-state index in [-0.39, 0.29) is 0 Å². The van der Waals surface area contributed by atoms with Crippen LogP contribution in [0.1, 0.15) is 31.7 Å². The third kappa shape index (κ3) is 4.14. The normalized spacial score (nSPS) is 10.9. The molecule has 0 aliphatic heterocycles. The molecule has 1 aromatic heterocycles. The average molecular weight is 319 g/mol. The molecular weight excluding hydrogens is 292 g/mol. The summed E-state index contributed by atoms with van der Waals surface area (Å²) >= 11 is 0. The quantitative estimate of drug-likeness (QED) is 0.524. The second-order valence-electron chi connectivity index (χ2n) is 6.32. The summed E-state index contributed by atoms with van der Waals surface area (Å²) in [5.41, 5.74) is 2.73. The SMILES string of the molecule is CCCCn1cc[n+](CCCc2ccccc2)c1-c1ccccc1. The molecule has 0 unspecified atom stereocenters. The monoisotopic (exact) mass is 319 g/mol. The number of rotatable bonds is 8. The maximum absolute atomic E-state index is 2.41. The van der Waals surface area contributed by atoms with Crippen molar-refractivity contribution in [3.8, 4) is 11.4 Å². The lowest BCUT2D eigenvalue weighted by Gasteiger charge is -2.06. The van der Waals surface area contributed by atoms with Crippen LogP contribution in [0.4, 0.5) is 0 Å². The minimum atomic E-state index is 1.05. The minimum Gasteiger partial charge on any atom is -0.230 e. The van der Waals surface area contributed by atoms with Gasteiger partial charge >= 0.3 is 0 Å². The summed E-state index contributed by atoms with van der Waals surface area (Å²) in [6.45, 7) is 4.39. The molecule has 24 heavy (non-hydrogen) atoms. The number of unbranched alkanes of at least 4 members (excludes halogenated alkanes) is 1. The van der Waals surface area contributed by atoms with Gasteiger partial charge in [0.2, 0.25) is 0 Å². The van der Waals surface area contributed by atoms with Crippen LogP contribution < -0.4 is 4.57 Å². The highest BCUT2D eigenvalue weighted by molar-refractivity contribution is 5.52. The Hall–Kier alpha value is -2.35. The van der Waals surface area contributed by atoms with E-state index >= 15 is 0 Å². The van der Waals surface area contributed by atoms with E-state index in [0.29, 0.717) is 0 Å². The van der Waals surface area contributed by atoms with Crippen LogP contribution in [-0.4, -0.2) is 4.57 Å². The van der Waals surface area contributed by atoms with Crippen molar-refractivity contribution >= 4 is 0 Å². The van der Waals surface area contributed by atoms with E-state index < -0.39 is 0 Å². The number of aromatic nitrogens is 2. The summed E-state index contributed by atoms with van der Waals surface area (Å²) in [7, 11) is 0. The van der Waals surface area contributed by atoms with Gasteiger partial charge in [0.15, 0.2) is 0 Å². The molecule has 0 aliphatic rings. The molecule has 0 saturated carbocycles. The molecule has 1 heterocycles. The van der Waals surface area contributed by atoms with Gasteiger partial charge in [-0.3, -0.25) is 0 Å². The fourth-order valence-corrected chi connectivity index (χ4v) is 3.17. The fourth-order valence-electron chi connectivity index (χ4n) is 3.17. The zero-order chi connectivity index (χ0) is 16.6. The van der Waals surface area contributed by atoms with Gasteiger partial charge in [0.25, 0.3) is 5.82 Å². The van der Waals surface area contributed by atoms with E-state index in [1.54, 1.807) is 0 Å². The smallest absolute Gasteiger partial charge is 0.230 e. The molecule has 0 N–H and O–H groups in total. The zero-order valence-electron chi connectivity index (χ0n) is 14.6. The van der Waals surface area contributed by atoms with Gasteiger partial charge in [-0.05, 0) is 37.0 Å². The second kappa shape index (κ2) is 8.49. The molecular formula is C22H27N2+. The Bertz CT molecular complexity index is 729. The summed E-state index contributed by atoms with van der Waals surface area (Å²) in [5, 5.41) is 0. The third-order valence-electron chi connectivity index (χ3n) is 4.46. The van der Waals surface area contributed by atoms with E-state index in [0.717, 1.165) is 25.9 Å². The van der Waals surface area contributed by atoms with Crippen molar-refractivity contribution in [3.05, 3.63) is 78.6 Å². The van der Waals surface area contributed by atoms with Gasteiger partial charge in [-0.2, -0.15) is 0 Å².